The van der Waals surface area contributed by atoms with Crippen LogP contribution in [0.2, 0.25) is 0 Å². The molecular weight excluding hydrogens is 336 g/mol. The van der Waals surface area contributed by atoms with Crippen molar-refractivity contribution in [3.05, 3.63) is 58.7 Å². The van der Waals surface area contributed by atoms with Crippen molar-refractivity contribution in [1.29, 1.82) is 0 Å². The second-order valence-electron chi connectivity index (χ2n) is 4.78. The maximum atomic E-state index is 11.1. The van der Waals surface area contributed by atoms with E-state index in [9.17, 15) is 19.2 Å². The van der Waals surface area contributed by atoms with Gasteiger partial charge in [-0.05, 0) is 36.4 Å². The number of carboxylic acids is 4. The molecule has 4 N–H and O–H groups in total. The molecule has 0 saturated carbocycles. The third-order valence-corrected chi connectivity index (χ3v) is 3.09. The summed E-state index contributed by atoms with van der Waals surface area (Å²) in [7, 11) is 0. The van der Waals surface area contributed by atoms with E-state index in [1.54, 1.807) is 0 Å². The van der Waals surface area contributed by atoms with Gasteiger partial charge in [0.05, 0.1) is 22.3 Å². The molecule has 128 valence electrons. The molecule has 0 fully saturated rings. The second-order valence-corrected chi connectivity index (χ2v) is 4.78. The molecule has 0 spiro atoms. The van der Waals surface area contributed by atoms with Gasteiger partial charge < -0.3 is 25.2 Å². The van der Waals surface area contributed by atoms with Gasteiger partial charge in [-0.25, -0.2) is 19.2 Å². The van der Waals surface area contributed by atoms with E-state index in [1.165, 1.54) is 6.07 Å². The minimum absolute atomic E-state index is 0.0960. The van der Waals surface area contributed by atoms with Crippen LogP contribution in [-0.2, 0) is 0 Å². The average Bonchev–Trinajstić information content (AvgIpc) is 2.54. The Labute approximate surface area is 139 Å². The van der Waals surface area contributed by atoms with Crippen LogP contribution in [0.25, 0.3) is 0 Å². The number of carboxylic acid groups (broad SMARTS) is 4. The Morgan fingerprint density at radius 3 is 1.56 bits per heavy atom. The monoisotopic (exact) mass is 346 g/mol. The number of aromatic carboxylic acids is 4. The zero-order valence-corrected chi connectivity index (χ0v) is 12.3. The number of benzene rings is 2. The molecule has 2 aromatic carbocycles. The summed E-state index contributed by atoms with van der Waals surface area (Å²) >= 11 is 0. The Balaban J connectivity index is 2.47. The molecule has 0 radical (unpaired) electrons. The van der Waals surface area contributed by atoms with E-state index < -0.39 is 35.0 Å². The van der Waals surface area contributed by atoms with E-state index >= 15 is 0 Å². The normalized spacial score (nSPS) is 10.1. The van der Waals surface area contributed by atoms with Crippen molar-refractivity contribution < 1.29 is 44.3 Å². The summed E-state index contributed by atoms with van der Waals surface area (Å²) in [4.78, 5) is 44.2. The van der Waals surface area contributed by atoms with Crippen LogP contribution in [0.5, 0.6) is 11.5 Å². The van der Waals surface area contributed by atoms with Crippen molar-refractivity contribution in [3.8, 4) is 11.5 Å². The minimum Gasteiger partial charge on any atom is -0.478 e. The summed E-state index contributed by atoms with van der Waals surface area (Å²) in [6.45, 7) is 0. The molecule has 2 aromatic rings. The Hall–Kier alpha value is -3.88. The highest BCUT2D eigenvalue weighted by molar-refractivity contribution is 6.02. The van der Waals surface area contributed by atoms with E-state index in [1.807, 2.05) is 0 Å². The fourth-order valence-electron chi connectivity index (χ4n) is 1.99. The lowest BCUT2D eigenvalue weighted by molar-refractivity contribution is 0.0651. The van der Waals surface area contributed by atoms with Gasteiger partial charge in [-0.2, -0.15) is 0 Å². The Morgan fingerprint density at radius 2 is 1.12 bits per heavy atom. The van der Waals surface area contributed by atoms with Gasteiger partial charge in [0.15, 0.2) is 0 Å². The number of carbonyl (C=O) groups is 4. The molecule has 0 aliphatic heterocycles. The molecule has 0 unspecified atom stereocenters. The van der Waals surface area contributed by atoms with Crippen molar-refractivity contribution in [1.82, 2.24) is 0 Å². The lowest BCUT2D eigenvalue weighted by atomic mass is 10.1. The van der Waals surface area contributed by atoms with Crippen molar-refractivity contribution in [2.45, 2.75) is 0 Å². The van der Waals surface area contributed by atoms with Gasteiger partial charge in [-0.1, -0.05) is 0 Å². The minimum atomic E-state index is -1.49. The second kappa shape index (κ2) is 6.71. The van der Waals surface area contributed by atoms with Gasteiger partial charge in [-0.15, -0.1) is 0 Å². The van der Waals surface area contributed by atoms with Crippen LogP contribution in [0.1, 0.15) is 41.4 Å². The SMILES string of the molecule is O=C(O)c1cc(Oc2ccc(C(=O)O)c(C(=O)O)c2)cc(C(=O)O)c1. The smallest absolute Gasteiger partial charge is 0.336 e. The molecule has 0 amide bonds. The first-order valence-electron chi connectivity index (χ1n) is 6.59. The van der Waals surface area contributed by atoms with Gasteiger partial charge in [-0.3, -0.25) is 0 Å². The molecular formula is C16H10O9. The summed E-state index contributed by atoms with van der Waals surface area (Å²) in [6.07, 6.45) is 0. The quantitative estimate of drug-likeness (QED) is 0.615. The van der Waals surface area contributed by atoms with E-state index in [4.69, 9.17) is 25.2 Å². The Kier molecular flexibility index (Phi) is 4.69. The van der Waals surface area contributed by atoms with Crippen molar-refractivity contribution in [3.63, 3.8) is 0 Å². The zero-order valence-electron chi connectivity index (χ0n) is 12.3. The molecule has 0 heterocycles. The lowest BCUT2D eigenvalue weighted by Gasteiger charge is -2.10. The summed E-state index contributed by atoms with van der Waals surface area (Å²) in [5.74, 6) is -5.93. The first-order chi connectivity index (χ1) is 11.7. The number of hydrogen-bond donors (Lipinski definition) is 4. The fraction of sp³-hybridized carbons (Fsp3) is 0. The van der Waals surface area contributed by atoms with Crippen LogP contribution in [0.4, 0.5) is 0 Å². The molecule has 0 aliphatic carbocycles. The van der Waals surface area contributed by atoms with Gasteiger partial charge >= 0.3 is 23.9 Å². The van der Waals surface area contributed by atoms with Crippen LogP contribution in [0.15, 0.2) is 36.4 Å². The summed E-state index contributed by atoms with van der Waals surface area (Å²) in [5.41, 5.74) is -1.66. The van der Waals surface area contributed by atoms with Gasteiger partial charge in [0.25, 0.3) is 0 Å². The molecule has 2 rings (SSSR count). The molecule has 0 aliphatic rings. The van der Waals surface area contributed by atoms with E-state index in [0.29, 0.717) is 0 Å². The van der Waals surface area contributed by atoms with Crippen LogP contribution in [-0.4, -0.2) is 44.3 Å². The largest absolute Gasteiger partial charge is 0.478 e. The molecule has 25 heavy (non-hydrogen) atoms. The van der Waals surface area contributed by atoms with E-state index in [2.05, 4.69) is 0 Å². The fourth-order valence-corrected chi connectivity index (χ4v) is 1.99. The predicted molar refractivity (Wildman–Crippen MR) is 80.8 cm³/mol. The van der Waals surface area contributed by atoms with E-state index in [0.717, 1.165) is 30.3 Å². The molecule has 0 aromatic heterocycles. The molecule has 9 nitrogen and oxygen atoms in total. The van der Waals surface area contributed by atoms with E-state index in [-0.39, 0.29) is 22.6 Å². The summed E-state index contributed by atoms with van der Waals surface area (Å²) in [6, 6.07) is 6.18. The zero-order chi connectivity index (χ0) is 18.7. The average molecular weight is 346 g/mol. The highest BCUT2D eigenvalue weighted by Gasteiger charge is 2.18. The highest BCUT2D eigenvalue weighted by atomic mass is 16.5. The van der Waals surface area contributed by atoms with Gasteiger partial charge in [0.1, 0.15) is 11.5 Å². The lowest BCUT2D eigenvalue weighted by Crippen LogP contribution is -2.08. The third kappa shape index (κ3) is 3.91. The van der Waals surface area contributed by atoms with Crippen molar-refractivity contribution >= 4 is 23.9 Å². The van der Waals surface area contributed by atoms with Gasteiger partial charge in [0.2, 0.25) is 0 Å². The van der Waals surface area contributed by atoms with Crippen molar-refractivity contribution in [2.24, 2.45) is 0 Å². The number of rotatable bonds is 6. The molecule has 0 atom stereocenters. The first-order valence-corrected chi connectivity index (χ1v) is 6.59. The molecule has 0 bridgehead atoms. The first kappa shape index (κ1) is 17.5. The van der Waals surface area contributed by atoms with Crippen LogP contribution in [0, 0.1) is 0 Å². The molecule has 0 saturated heterocycles. The predicted octanol–water partition coefficient (Wildman–Crippen LogP) is 2.27. The summed E-state index contributed by atoms with van der Waals surface area (Å²) < 4.78 is 5.30. The topological polar surface area (TPSA) is 158 Å². The third-order valence-electron chi connectivity index (χ3n) is 3.09. The van der Waals surface area contributed by atoms with Crippen LogP contribution >= 0.6 is 0 Å². The van der Waals surface area contributed by atoms with Gasteiger partial charge in [0, 0.05) is 0 Å². The maximum Gasteiger partial charge on any atom is 0.336 e. The summed E-state index contributed by atoms with van der Waals surface area (Å²) in [5, 5.41) is 36.0. The number of hydrogen-bond acceptors (Lipinski definition) is 5. The van der Waals surface area contributed by atoms with Crippen LogP contribution in [0.3, 0.4) is 0 Å². The van der Waals surface area contributed by atoms with Crippen LogP contribution < -0.4 is 4.74 Å². The highest BCUT2D eigenvalue weighted by Crippen LogP contribution is 2.26. The van der Waals surface area contributed by atoms with Crippen molar-refractivity contribution in [2.75, 3.05) is 0 Å². The number of ether oxygens (including phenoxy) is 1. The maximum absolute atomic E-state index is 11.1. The molecule has 9 heteroatoms. The standard InChI is InChI=1S/C16H10O9/c17-13(18)7-3-8(14(19)20)5-10(4-7)25-9-1-2-11(15(21)22)12(6-9)16(23)24/h1-6H,(H,17,18)(H,19,20)(H,21,22)(H,23,24). The Morgan fingerprint density at radius 1 is 0.600 bits per heavy atom. The Bertz CT molecular complexity index is 866.